The van der Waals surface area contributed by atoms with Gasteiger partial charge in [0.2, 0.25) is 18.6 Å². The number of carbonyl (C=O) groups excluding carboxylic acids is 2. The Morgan fingerprint density at radius 3 is 2.64 bits per heavy atom. The third-order valence-electron chi connectivity index (χ3n) is 5.09. The predicted octanol–water partition coefficient (Wildman–Crippen LogP) is 2.94. The molecule has 7 nitrogen and oxygen atoms in total. The molecule has 2 aromatic rings. The van der Waals surface area contributed by atoms with Crippen molar-refractivity contribution in [1.82, 2.24) is 0 Å². The molecule has 2 amide bonds. The first-order valence-corrected chi connectivity index (χ1v) is 9.44. The number of ether oxygens (including phenoxy) is 2. The van der Waals surface area contributed by atoms with Gasteiger partial charge in [-0.15, -0.1) is 0 Å². The summed E-state index contributed by atoms with van der Waals surface area (Å²) in [5.74, 6) is 0.378. The lowest BCUT2D eigenvalue weighted by Crippen LogP contribution is -2.28. The number of benzene rings is 2. The molecule has 3 N–H and O–H groups in total. The molecule has 0 saturated carbocycles. The average molecular weight is 381 g/mol. The number of aryl methyl sites for hydroxylation is 1. The standard InChI is InChI=1S/C21H23N3O4/c1-2-3-13-4-6-15(7-5-13)24-11-14(8-20(24)25)21(26)23-17-10-19-18(9-16(17)22)27-12-28-19/h4-7,9-10,14H,2-3,8,11-12,22H2,1H3,(H,23,26). The first kappa shape index (κ1) is 18.2. The largest absolute Gasteiger partial charge is 0.454 e. The third kappa shape index (κ3) is 3.47. The summed E-state index contributed by atoms with van der Waals surface area (Å²) in [7, 11) is 0. The van der Waals surface area contributed by atoms with Gasteiger partial charge in [-0.05, 0) is 24.1 Å². The molecular weight excluding hydrogens is 358 g/mol. The molecule has 0 bridgehead atoms. The van der Waals surface area contributed by atoms with Crippen molar-refractivity contribution in [3.05, 3.63) is 42.0 Å². The minimum Gasteiger partial charge on any atom is -0.454 e. The fourth-order valence-corrected chi connectivity index (χ4v) is 3.56. The summed E-state index contributed by atoms with van der Waals surface area (Å²) < 4.78 is 10.6. The molecule has 2 heterocycles. The second kappa shape index (κ2) is 7.42. The Morgan fingerprint density at radius 2 is 1.93 bits per heavy atom. The fraction of sp³-hybridized carbons (Fsp3) is 0.333. The second-order valence-electron chi connectivity index (χ2n) is 7.10. The summed E-state index contributed by atoms with van der Waals surface area (Å²) in [6.07, 6.45) is 2.26. The number of rotatable bonds is 5. The van der Waals surface area contributed by atoms with E-state index in [0.717, 1.165) is 18.5 Å². The van der Waals surface area contributed by atoms with E-state index < -0.39 is 5.92 Å². The van der Waals surface area contributed by atoms with Gasteiger partial charge in [0.05, 0.1) is 17.3 Å². The Kier molecular flexibility index (Phi) is 4.81. The average Bonchev–Trinajstić information content (AvgIpc) is 3.29. The maximum absolute atomic E-state index is 12.7. The van der Waals surface area contributed by atoms with Gasteiger partial charge in [-0.2, -0.15) is 0 Å². The molecule has 1 fully saturated rings. The molecule has 2 aliphatic heterocycles. The van der Waals surface area contributed by atoms with Gasteiger partial charge in [-0.3, -0.25) is 9.59 Å². The Morgan fingerprint density at radius 1 is 1.21 bits per heavy atom. The minimum atomic E-state index is -0.437. The van der Waals surface area contributed by atoms with Crippen molar-refractivity contribution in [2.24, 2.45) is 5.92 Å². The van der Waals surface area contributed by atoms with Crippen molar-refractivity contribution in [3.8, 4) is 11.5 Å². The topological polar surface area (TPSA) is 93.9 Å². The van der Waals surface area contributed by atoms with Gasteiger partial charge >= 0.3 is 0 Å². The van der Waals surface area contributed by atoms with Crippen LogP contribution in [0, 0.1) is 5.92 Å². The van der Waals surface area contributed by atoms with Gasteiger partial charge in [0.15, 0.2) is 11.5 Å². The lowest BCUT2D eigenvalue weighted by atomic mass is 10.1. The first-order chi connectivity index (χ1) is 13.5. The predicted molar refractivity (Wildman–Crippen MR) is 107 cm³/mol. The van der Waals surface area contributed by atoms with Crippen LogP contribution in [0.4, 0.5) is 17.1 Å². The van der Waals surface area contributed by atoms with Gasteiger partial charge in [0, 0.05) is 30.8 Å². The molecule has 2 aromatic carbocycles. The first-order valence-electron chi connectivity index (χ1n) is 9.44. The Hall–Kier alpha value is -3.22. The van der Waals surface area contributed by atoms with E-state index in [1.54, 1.807) is 17.0 Å². The number of amides is 2. The molecule has 0 aliphatic carbocycles. The minimum absolute atomic E-state index is 0.0537. The van der Waals surface area contributed by atoms with Crippen LogP contribution in [-0.4, -0.2) is 25.2 Å². The number of hydrogen-bond acceptors (Lipinski definition) is 5. The SMILES string of the molecule is CCCc1ccc(N2CC(C(=O)Nc3cc4c(cc3N)OCO4)CC2=O)cc1. The van der Waals surface area contributed by atoms with Crippen LogP contribution in [-0.2, 0) is 16.0 Å². The van der Waals surface area contributed by atoms with Crippen molar-refractivity contribution >= 4 is 28.9 Å². The number of fused-ring (bicyclic) bond motifs is 1. The van der Waals surface area contributed by atoms with Crippen LogP contribution in [0.15, 0.2) is 36.4 Å². The molecule has 7 heteroatoms. The summed E-state index contributed by atoms with van der Waals surface area (Å²) in [4.78, 5) is 26.8. The summed E-state index contributed by atoms with van der Waals surface area (Å²) in [5.41, 5.74) is 8.92. The normalized spacial score (nSPS) is 17.8. The van der Waals surface area contributed by atoms with Crippen molar-refractivity contribution in [2.45, 2.75) is 26.2 Å². The molecule has 0 spiro atoms. The zero-order valence-corrected chi connectivity index (χ0v) is 15.7. The molecule has 2 aliphatic rings. The van der Waals surface area contributed by atoms with Crippen LogP contribution in [0.5, 0.6) is 11.5 Å². The van der Waals surface area contributed by atoms with Crippen LogP contribution in [0.25, 0.3) is 0 Å². The van der Waals surface area contributed by atoms with Crippen molar-refractivity contribution in [1.29, 1.82) is 0 Å². The molecular formula is C21H23N3O4. The van der Waals surface area contributed by atoms with Crippen LogP contribution < -0.4 is 25.4 Å². The smallest absolute Gasteiger partial charge is 0.231 e. The highest BCUT2D eigenvalue weighted by Gasteiger charge is 2.35. The van der Waals surface area contributed by atoms with E-state index in [0.29, 0.717) is 29.4 Å². The van der Waals surface area contributed by atoms with E-state index >= 15 is 0 Å². The van der Waals surface area contributed by atoms with Crippen LogP contribution >= 0.6 is 0 Å². The second-order valence-corrected chi connectivity index (χ2v) is 7.10. The summed E-state index contributed by atoms with van der Waals surface area (Å²) >= 11 is 0. The molecule has 0 aromatic heterocycles. The van der Waals surface area contributed by atoms with E-state index in [2.05, 4.69) is 12.2 Å². The fourth-order valence-electron chi connectivity index (χ4n) is 3.56. The summed E-state index contributed by atoms with van der Waals surface area (Å²) in [5, 5.41) is 2.82. The number of anilines is 3. The zero-order valence-electron chi connectivity index (χ0n) is 15.7. The number of carbonyl (C=O) groups is 2. The van der Waals surface area contributed by atoms with E-state index in [9.17, 15) is 9.59 Å². The van der Waals surface area contributed by atoms with E-state index in [-0.39, 0.29) is 25.0 Å². The highest BCUT2D eigenvalue weighted by molar-refractivity contribution is 6.04. The van der Waals surface area contributed by atoms with E-state index in [4.69, 9.17) is 15.2 Å². The number of hydrogen-bond donors (Lipinski definition) is 2. The quantitative estimate of drug-likeness (QED) is 0.777. The van der Waals surface area contributed by atoms with Crippen LogP contribution in [0.2, 0.25) is 0 Å². The molecule has 1 atom stereocenters. The van der Waals surface area contributed by atoms with E-state index in [1.807, 2.05) is 24.3 Å². The monoisotopic (exact) mass is 381 g/mol. The van der Waals surface area contributed by atoms with Gasteiger partial charge in [-0.25, -0.2) is 0 Å². The molecule has 1 unspecified atom stereocenters. The lowest BCUT2D eigenvalue weighted by Gasteiger charge is -2.17. The van der Waals surface area contributed by atoms with Crippen molar-refractivity contribution < 1.29 is 19.1 Å². The molecule has 0 radical (unpaired) electrons. The maximum atomic E-state index is 12.7. The number of nitrogens with one attached hydrogen (secondary N) is 1. The number of nitrogens with zero attached hydrogens (tertiary/aromatic N) is 1. The molecule has 28 heavy (non-hydrogen) atoms. The Balaban J connectivity index is 1.44. The van der Waals surface area contributed by atoms with E-state index in [1.165, 1.54) is 5.56 Å². The van der Waals surface area contributed by atoms with Crippen LogP contribution in [0.3, 0.4) is 0 Å². The highest BCUT2D eigenvalue weighted by atomic mass is 16.7. The van der Waals surface area contributed by atoms with Gasteiger partial charge in [-0.1, -0.05) is 25.5 Å². The number of nitrogen functional groups attached to an aromatic ring is 1. The Bertz CT molecular complexity index is 911. The lowest BCUT2D eigenvalue weighted by molar-refractivity contribution is -0.122. The summed E-state index contributed by atoms with van der Waals surface area (Å²) in [6, 6.07) is 11.2. The van der Waals surface area contributed by atoms with Crippen molar-refractivity contribution in [3.63, 3.8) is 0 Å². The van der Waals surface area contributed by atoms with Crippen LogP contribution in [0.1, 0.15) is 25.3 Å². The zero-order chi connectivity index (χ0) is 19.7. The number of nitrogens with two attached hydrogens (primary N) is 1. The van der Waals surface area contributed by atoms with Gasteiger partial charge in [0.25, 0.3) is 0 Å². The molecule has 4 rings (SSSR count). The van der Waals surface area contributed by atoms with Gasteiger partial charge in [0.1, 0.15) is 0 Å². The maximum Gasteiger partial charge on any atom is 0.231 e. The highest BCUT2D eigenvalue weighted by Crippen LogP contribution is 2.38. The molecule has 146 valence electrons. The van der Waals surface area contributed by atoms with Crippen molar-refractivity contribution in [2.75, 3.05) is 29.3 Å². The summed E-state index contributed by atoms with van der Waals surface area (Å²) in [6.45, 7) is 2.62. The Labute approximate surface area is 163 Å². The third-order valence-corrected chi connectivity index (χ3v) is 5.09. The van der Waals surface area contributed by atoms with Gasteiger partial charge < -0.3 is 25.4 Å². The molecule has 1 saturated heterocycles.